The van der Waals surface area contributed by atoms with Gasteiger partial charge in [-0.3, -0.25) is 4.79 Å². The second-order valence-corrected chi connectivity index (χ2v) is 5.21. The van der Waals surface area contributed by atoms with Crippen LogP contribution in [-0.2, 0) is 0 Å². The molecule has 0 aromatic carbocycles. The molecule has 1 aromatic heterocycles. The Bertz CT molecular complexity index is 514. The second-order valence-electron chi connectivity index (χ2n) is 4.30. The molecule has 0 spiro atoms. The fourth-order valence-electron chi connectivity index (χ4n) is 1.48. The summed E-state index contributed by atoms with van der Waals surface area (Å²) in [5, 5.41) is 12.8. The number of nitrogens with one attached hydrogen (secondary N) is 1. The summed E-state index contributed by atoms with van der Waals surface area (Å²) >= 11 is 1.31. The number of hydrogen-bond acceptors (Lipinski definition) is 3. The fourth-order valence-corrected chi connectivity index (χ4v) is 2.24. The van der Waals surface area contributed by atoms with E-state index in [1.807, 2.05) is 0 Å². The molecular weight excluding hydrogens is 303 g/mol. The fraction of sp³-hybridized carbons (Fsp3) is 0.500. The summed E-state index contributed by atoms with van der Waals surface area (Å²) in [4.78, 5) is 12.4. The van der Waals surface area contributed by atoms with Crippen LogP contribution in [0.25, 0.3) is 0 Å². The molecule has 1 heterocycles. The smallest absolute Gasteiger partial charge is 0.389 e. The van der Waals surface area contributed by atoms with Crippen LogP contribution >= 0.6 is 11.3 Å². The molecule has 0 aliphatic carbocycles. The van der Waals surface area contributed by atoms with Crippen LogP contribution in [0.5, 0.6) is 0 Å². The van der Waals surface area contributed by atoms with Gasteiger partial charge in [-0.2, -0.15) is 13.2 Å². The zero-order valence-electron chi connectivity index (χ0n) is 11.3. The Hall–Kier alpha value is -1.52. The Morgan fingerprint density at radius 3 is 2.81 bits per heavy atom. The molecule has 0 bridgehead atoms. The number of unbranched alkanes of at least 4 members (excludes halogenated alkanes) is 1. The van der Waals surface area contributed by atoms with Crippen molar-refractivity contribution in [2.75, 3.05) is 13.2 Å². The van der Waals surface area contributed by atoms with Gasteiger partial charge in [0, 0.05) is 24.8 Å². The highest BCUT2D eigenvalue weighted by atomic mass is 32.1. The number of thiophene rings is 1. The van der Waals surface area contributed by atoms with Crippen molar-refractivity contribution in [3.05, 3.63) is 21.9 Å². The average molecular weight is 319 g/mol. The van der Waals surface area contributed by atoms with Crippen molar-refractivity contribution in [1.82, 2.24) is 5.32 Å². The normalized spacial score (nSPS) is 10.9. The maximum atomic E-state index is 11.9. The minimum Gasteiger partial charge on any atom is -0.395 e. The van der Waals surface area contributed by atoms with Crippen molar-refractivity contribution in [3.63, 3.8) is 0 Å². The monoisotopic (exact) mass is 319 g/mol. The molecule has 0 saturated carbocycles. The van der Waals surface area contributed by atoms with Gasteiger partial charge < -0.3 is 10.4 Å². The lowest BCUT2D eigenvalue weighted by Gasteiger charge is -2.06. The number of alkyl halides is 3. The van der Waals surface area contributed by atoms with E-state index < -0.39 is 12.6 Å². The number of carbonyl (C=O) groups excluding carboxylic acids is 1. The van der Waals surface area contributed by atoms with E-state index in [9.17, 15) is 18.0 Å². The number of halogens is 3. The summed E-state index contributed by atoms with van der Waals surface area (Å²) in [6.07, 6.45) is -4.30. The molecule has 0 aliphatic heterocycles. The van der Waals surface area contributed by atoms with Crippen LogP contribution in [0.15, 0.2) is 11.4 Å². The van der Waals surface area contributed by atoms with Gasteiger partial charge in [-0.25, -0.2) is 0 Å². The van der Waals surface area contributed by atoms with Gasteiger partial charge in [0.1, 0.15) is 0 Å². The highest BCUT2D eigenvalue weighted by molar-refractivity contribution is 7.10. The molecular formula is C14H16F3NO2S. The van der Waals surface area contributed by atoms with Crippen molar-refractivity contribution in [3.8, 4) is 11.8 Å². The summed E-state index contributed by atoms with van der Waals surface area (Å²) in [6.45, 7) is 0.208. The Kier molecular flexibility index (Phi) is 7.26. The predicted octanol–water partition coefficient (Wildman–Crippen LogP) is 2.94. The number of rotatable bonds is 6. The lowest BCUT2D eigenvalue weighted by Crippen LogP contribution is -2.24. The molecule has 0 saturated heterocycles. The molecule has 0 unspecified atom stereocenters. The van der Waals surface area contributed by atoms with E-state index in [0.717, 1.165) is 0 Å². The van der Waals surface area contributed by atoms with Crippen LogP contribution in [0, 0.1) is 11.8 Å². The predicted molar refractivity (Wildman–Crippen MR) is 75.1 cm³/mol. The van der Waals surface area contributed by atoms with Crippen molar-refractivity contribution < 1.29 is 23.1 Å². The first kappa shape index (κ1) is 17.5. The first-order chi connectivity index (χ1) is 9.92. The molecule has 1 amide bonds. The number of amides is 1. The molecule has 7 heteroatoms. The Labute approximate surface area is 125 Å². The molecule has 21 heavy (non-hydrogen) atoms. The van der Waals surface area contributed by atoms with Crippen molar-refractivity contribution in [1.29, 1.82) is 0 Å². The van der Waals surface area contributed by atoms with E-state index in [1.54, 1.807) is 11.4 Å². The van der Waals surface area contributed by atoms with Crippen LogP contribution in [0.3, 0.4) is 0 Å². The van der Waals surface area contributed by atoms with Crippen LogP contribution in [0.1, 0.15) is 40.9 Å². The molecule has 1 rings (SSSR count). The molecule has 2 N–H and O–H groups in total. The van der Waals surface area contributed by atoms with E-state index in [0.29, 0.717) is 23.3 Å². The van der Waals surface area contributed by atoms with Crippen LogP contribution in [0.2, 0.25) is 0 Å². The molecule has 0 aliphatic rings. The highest BCUT2D eigenvalue weighted by Gasteiger charge is 2.25. The maximum Gasteiger partial charge on any atom is 0.389 e. The number of carbonyl (C=O) groups is 1. The van der Waals surface area contributed by atoms with Crippen molar-refractivity contribution in [2.45, 2.75) is 31.9 Å². The number of hydrogen-bond donors (Lipinski definition) is 2. The minimum atomic E-state index is -4.14. The van der Waals surface area contributed by atoms with E-state index >= 15 is 0 Å². The zero-order valence-corrected chi connectivity index (χ0v) is 12.1. The number of aliphatic hydroxyl groups is 1. The van der Waals surface area contributed by atoms with Crippen LogP contribution in [0.4, 0.5) is 13.2 Å². The van der Waals surface area contributed by atoms with Gasteiger partial charge in [0.05, 0.1) is 17.0 Å². The lowest BCUT2D eigenvalue weighted by molar-refractivity contribution is -0.135. The third-order valence-corrected chi connectivity index (χ3v) is 3.33. The van der Waals surface area contributed by atoms with Gasteiger partial charge >= 0.3 is 6.18 Å². The summed E-state index contributed by atoms with van der Waals surface area (Å²) in [5.74, 6) is 5.26. The van der Waals surface area contributed by atoms with Gasteiger partial charge in [-0.1, -0.05) is 11.8 Å². The first-order valence-corrected chi connectivity index (χ1v) is 7.33. The molecule has 0 fully saturated rings. The largest absolute Gasteiger partial charge is 0.395 e. The van der Waals surface area contributed by atoms with Gasteiger partial charge in [0.25, 0.3) is 5.91 Å². The van der Waals surface area contributed by atoms with E-state index in [2.05, 4.69) is 17.2 Å². The third-order valence-electron chi connectivity index (χ3n) is 2.48. The Balaban J connectivity index is 2.31. The van der Waals surface area contributed by atoms with Crippen LogP contribution < -0.4 is 5.32 Å². The van der Waals surface area contributed by atoms with Gasteiger partial charge in [0.2, 0.25) is 0 Å². The lowest BCUT2D eigenvalue weighted by atomic mass is 10.2. The minimum absolute atomic E-state index is 0.00526. The quantitative estimate of drug-likeness (QED) is 0.626. The average Bonchev–Trinajstić information content (AvgIpc) is 2.86. The van der Waals surface area contributed by atoms with Gasteiger partial charge in [-0.05, 0) is 18.9 Å². The van der Waals surface area contributed by atoms with E-state index in [-0.39, 0.29) is 25.5 Å². The molecule has 0 atom stereocenters. The van der Waals surface area contributed by atoms with E-state index in [1.165, 1.54) is 11.3 Å². The standard InChI is InChI=1S/C14H16F3NO2S/c15-14(16,17)6-2-3-7-18-13(20)11-9-12(21-10-11)5-1-4-8-19/h9-10,19H,2-4,6-8H2,(H,18,20). The molecule has 116 valence electrons. The number of aliphatic hydroxyl groups excluding tert-OH is 1. The summed E-state index contributed by atoms with van der Waals surface area (Å²) in [6, 6.07) is 1.63. The summed E-state index contributed by atoms with van der Waals surface area (Å²) in [7, 11) is 0. The molecule has 0 radical (unpaired) electrons. The molecule has 3 nitrogen and oxygen atoms in total. The van der Waals surface area contributed by atoms with Gasteiger partial charge in [0.15, 0.2) is 0 Å². The zero-order chi connectivity index (χ0) is 15.7. The van der Waals surface area contributed by atoms with Crippen molar-refractivity contribution in [2.24, 2.45) is 0 Å². The van der Waals surface area contributed by atoms with Crippen LogP contribution in [-0.4, -0.2) is 30.3 Å². The Morgan fingerprint density at radius 1 is 1.38 bits per heavy atom. The third kappa shape index (κ3) is 7.73. The van der Waals surface area contributed by atoms with Gasteiger partial charge in [-0.15, -0.1) is 11.3 Å². The SMILES string of the molecule is O=C(NCCCCC(F)(F)F)c1csc(C#CCCO)c1. The summed E-state index contributed by atoms with van der Waals surface area (Å²) < 4.78 is 35.8. The van der Waals surface area contributed by atoms with E-state index in [4.69, 9.17) is 5.11 Å². The first-order valence-electron chi connectivity index (χ1n) is 6.45. The maximum absolute atomic E-state index is 11.9. The second kappa shape index (κ2) is 8.70. The summed E-state index contributed by atoms with van der Waals surface area (Å²) in [5.41, 5.74) is 0.448. The highest BCUT2D eigenvalue weighted by Crippen LogP contribution is 2.21. The molecule has 1 aromatic rings. The van der Waals surface area contributed by atoms with Crippen molar-refractivity contribution >= 4 is 17.2 Å². The Morgan fingerprint density at radius 2 is 2.14 bits per heavy atom. The topological polar surface area (TPSA) is 49.3 Å².